The molecule has 0 bridgehead atoms. The Balaban J connectivity index is 2.12. The number of hydrogen-bond acceptors (Lipinski definition) is 1. The Labute approximate surface area is 127 Å². The Morgan fingerprint density at radius 1 is 1.24 bits per heavy atom. The van der Waals surface area contributed by atoms with Crippen molar-refractivity contribution in [3.8, 4) is 0 Å². The summed E-state index contributed by atoms with van der Waals surface area (Å²) in [6.45, 7) is 8.66. The zero-order valence-corrected chi connectivity index (χ0v) is 13.7. The zero-order chi connectivity index (χ0) is 15.7. The molecule has 0 heterocycles. The van der Waals surface area contributed by atoms with E-state index in [4.69, 9.17) is 0 Å². The highest BCUT2D eigenvalue weighted by Gasteiger charge is 2.31. The van der Waals surface area contributed by atoms with Crippen molar-refractivity contribution in [2.24, 2.45) is 5.41 Å². The second kappa shape index (κ2) is 5.92. The summed E-state index contributed by atoms with van der Waals surface area (Å²) in [7, 11) is 0. The Bertz CT molecular complexity index is 523. The summed E-state index contributed by atoms with van der Waals surface area (Å²) in [5.41, 5.74) is 3.10. The maximum absolute atomic E-state index is 13.0. The van der Waals surface area contributed by atoms with E-state index in [-0.39, 0.29) is 11.2 Å². The first-order valence-corrected chi connectivity index (χ1v) is 7.90. The van der Waals surface area contributed by atoms with Crippen molar-refractivity contribution in [1.29, 1.82) is 0 Å². The number of benzene rings is 1. The van der Waals surface area contributed by atoms with Gasteiger partial charge in [-0.2, -0.15) is 0 Å². The summed E-state index contributed by atoms with van der Waals surface area (Å²) in [4.78, 5) is 0. The molecule has 1 aromatic carbocycles. The average Bonchev–Trinajstić information content (AvgIpc) is 2.37. The lowest BCUT2D eigenvalue weighted by Gasteiger charge is -2.36. The molecule has 0 aliphatic heterocycles. The van der Waals surface area contributed by atoms with E-state index in [9.17, 15) is 9.50 Å². The fourth-order valence-corrected chi connectivity index (χ4v) is 3.55. The van der Waals surface area contributed by atoms with Gasteiger partial charge in [0, 0.05) is 0 Å². The molecule has 1 unspecified atom stereocenters. The van der Waals surface area contributed by atoms with E-state index in [0.29, 0.717) is 6.42 Å². The Kier molecular flexibility index (Phi) is 4.57. The van der Waals surface area contributed by atoms with Gasteiger partial charge < -0.3 is 5.11 Å². The summed E-state index contributed by atoms with van der Waals surface area (Å²) < 4.78 is 13.0. The van der Waals surface area contributed by atoms with Gasteiger partial charge in [0.1, 0.15) is 5.82 Å². The van der Waals surface area contributed by atoms with E-state index in [1.807, 2.05) is 6.92 Å². The van der Waals surface area contributed by atoms with E-state index >= 15 is 0 Å². The van der Waals surface area contributed by atoms with Crippen LogP contribution in [0.1, 0.15) is 65.4 Å². The van der Waals surface area contributed by atoms with Crippen molar-refractivity contribution < 1.29 is 9.50 Å². The highest BCUT2D eigenvalue weighted by molar-refractivity contribution is 5.25. The second-order valence-corrected chi connectivity index (χ2v) is 7.28. The van der Waals surface area contributed by atoms with E-state index < -0.39 is 5.60 Å². The van der Waals surface area contributed by atoms with Gasteiger partial charge >= 0.3 is 0 Å². The van der Waals surface area contributed by atoms with Gasteiger partial charge in [-0.05, 0) is 69.1 Å². The third kappa shape index (κ3) is 3.74. The van der Waals surface area contributed by atoms with Gasteiger partial charge in [0.15, 0.2) is 0 Å². The first kappa shape index (κ1) is 16.2. The predicted molar refractivity (Wildman–Crippen MR) is 85.5 cm³/mol. The normalized spacial score (nSPS) is 21.2. The monoisotopic (exact) mass is 290 g/mol. The molecule has 0 spiro atoms. The minimum absolute atomic E-state index is 0.237. The number of hydrogen-bond donors (Lipinski definition) is 1. The molecule has 21 heavy (non-hydrogen) atoms. The number of allylic oxidation sites excluding steroid dienone is 2. The molecule has 0 saturated heterocycles. The quantitative estimate of drug-likeness (QED) is 0.742. The molecular formula is C19H27FO. The lowest BCUT2D eigenvalue weighted by atomic mass is 9.70. The standard InChI is InChI=1S/C19H27FO/c1-14-6-5-12-18(2,3)17(14)11-13-19(4,21)15-7-9-16(20)10-8-15/h7-10,21H,5-6,11-13H2,1-4H3. The lowest BCUT2D eigenvalue weighted by molar-refractivity contribution is 0.0463. The molecule has 0 fully saturated rings. The second-order valence-electron chi connectivity index (χ2n) is 7.28. The molecule has 0 aromatic heterocycles. The maximum atomic E-state index is 13.0. The summed E-state index contributed by atoms with van der Waals surface area (Å²) in [6, 6.07) is 6.20. The summed E-state index contributed by atoms with van der Waals surface area (Å²) in [5.74, 6) is -0.262. The summed E-state index contributed by atoms with van der Waals surface area (Å²) in [5, 5.41) is 10.7. The van der Waals surface area contributed by atoms with Crippen LogP contribution in [0.5, 0.6) is 0 Å². The van der Waals surface area contributed by atoms with Crippen LogP contribution in [0.25, 0.3) is 0 Å². The van der Waals surface area contributed by atoms with Gasteiger partial charge in [0.25, 0.3) is 0 Å². The zero-order valence-electron chi connectivity index (χ0n) is 13.7. The van der Waals surface area contributed by atoms with Crippen LogP contribution < -0.4 is 0 Å². The largest absolute Gasteiger partial charge is 0.385 e. The Morgan fingerprint density at radius 3 is 2.43 bits per heavy atom. The van der Waals surface area contributed by atoms with E-state index in [0.717, 1.165) is 12.0 Å². The fourth-order valence-electron chi connectivity index (χ4n) is 3.55. The van der Waals surface area contributed by atoms with Crippen LogP contribution in [-0.2, 0) is 5.60 Å². The van der Waals surface area contributed by atoms with Crippen molar-refractivity contribution in [3.05, 3.63) is 46.8 Å². The Hall–Kier alpha value is -1.15. The molecule has 0 radical (unpaired) electrons. The SMILES string of the molecule is CC1=C(CCC(C)(O)c2ccc(F)cc2)C(C)(C)CCC1. The van der Waals surface area contributed by atoms with Crippen molar-refractivity contribution in [2.75, 3.05) is 0 Å². The topological polar surface area (TPSA) is 20.2 Å². The molecule has 0 amide bonds. The molecule has 1 N–H and O–H groups in total. The minimum Gasteiger partial charge on any atom is -0.385 e. The molecule has 1 atom stereocenters. The van der Waals surface area contributed by atoms with E-state index in [1.54, 1.807) is 12.1 Å². The van der Waals surface area contributed by atoms with Gasteiger partial charge in [-0.25, -0.2) is 4.39 Å². The van der Waals surface area contributed by atoms with Crippen LogP contribution >= 0.6 is 0 Å². The number of aliphatic hydroxyl groups is 1. The van der Waals surface area contributed by atoms with Crippen LogP contribution in [0.4, 0.5) is 4.39 Å². The Morgan fingerprint density at radius 2 is 1.86 bits per heavy atom. The summed E-state index contributed by atoms with van der Waals surface area (Å²) in [6.07, 6.45) is 5.24. The summed E-state index contributed by atoms with van der Waals surface area (Å²) >= 11 is 0. The molecule has 1 aromatic rings. The molecule has 2 rings (SSSR count). The number of halogens is 1. The molecule has 0 saturated carbocycles. The van der Waals surface area contributed by atoms with Crippen LogP contribution in [0.2, 0.25) is 0 Å². The van der Waals surface area contributed by atoms with Gasteiger partial charge in [-0.15, -0.1) is 0 Å². The highest BCUT2D eigenvalue weighted by Crippen LogP contribution is 2.43. The maximum Gasteiger partial charge on any atom is 0.123 e. The number of rotatable bonds is 4. The highest BCUT2D eigenvalue weighted by atomic mass is 19.1. The van der Waals surface area contributed by atoms with Crippen molar-refractivity contribution in [1.82, 2.24) is 0 Å². The van der Waals surface area contributed by atoms with Gasteiger partial charge in [-0.1, -0.05) is 37.1 Å². The lowest BCUT2D eigenvalue weighted by Crippen LogP contribution is -2.25. The minimum atomic E-state index is -0.908. The molecule has 1 nitrogen and oxygen atoms in total. The van der Waals surface area contributed by atoms with E-state index in [1.165, 1.54) is 42.5 Å². The van der Waals surface area contributed by atoms with Gasteiger partial charge in [0.2, 0.25) is 0 Å². The fraction of sp³-hybridized carbons (Fsp3) is 0.579. The molecule has 2 heteroatoms. The van der Waals surface area contributed by atoms with Crippen LogP contribution in [0, 0.1) is 11.2 Å². The molecular weight excluding hydrogens is 263 g/mol. The molecule has 1 aliphatic rings. The van der Waals surface area contributed by atoms with E-state index in [2.05, 4.69) is 20.8 Å². The van der Waals surface area contributed by atoms with Crippen molar-refractivity contribution >= 4 is 0 Å². The predicted octanol–water partition coefficient (Wildman–Crippen LogP) is 5.34. The van der Waals surface area contributed by atoms with Crippen molar-refractivity contribution in [3.63, 3.8) is 0 Å². The van der Waals surface area contributed by atoms with Crippen molar-refractivity contribution in [2.45, 2.75) is 65.4 Å². The molecule has 116 valence electrons. The van der Waals surface area contributed by atoms with Gasteiger partial charge in [-0.3, -0.25) is 0 Å². The van der Waals surface area contributed by atoms with Gasteiger partial charge in [0.05, 0.1) is 5.60 Å². The molecule has 1 aliphatic carbocycles. The smallest absolute Gasteiger partial charge is 0.123 e. The third-order valence-electron chi connectivity index (χ3n) is 5.01. The van der Waals surface area contributed by atoms with Crippen LogP contribution in [-0.4, -0.2) is 5.11 Å². The third-order valence-corrected chi connectivity index (χ3v) is 5.01. The average molecular weight is 290 g/mol. The van der Waals surface area contributed by atoms with Crippen LogP contribution in [0.3, 0.4) is 0 Å². The van der Waals surface area contributed by atoms with Crippen LogP contribution in [0.15, 0.2) is 35.4 Å². The first-order valence-electron chi connectivity index (χ1n) is 7.90. The first-order chi connectivity index (χ1) is 9.72.